The maximum atomic E-state index is 4.67. The van der Waals surface area contributed by atoms with Gasteiger partial charge in [-0.25, -0.2) is 15.0 Å². The Kier molecular flexibility index (Phi) is 2.72. The molecule has 0 saturated carbocycles. The van der Waals surface area contributed by atoms with E-state index in [2.05, 4.69) is 45.2 Å². The summed E-state index contributed by atoms with van der Waals surface area (Å²) >= 11 is 0. The van der Waals surface area contributed by atoms with Crippen LogP contribution in [0.1, 0.15) is 31.9 Å². The van der Waals surface area contributed by atoms with Crippen LogP contribution in [0, 0.1) is 5.41 Å². The molecule has 1 fully saturated rings. The average molecular weight is 281 g/mol. The van der Waals surface area contributed by atoms with Crippen molar-refractivity contribution in [3.8, 4) is 0 Å². The fourth-order valence-corrected chi connectivity index (χ4v) is 3.52. The van der Waals surface area contributed by atoms with E-state index in [1.165, 1.54) is 0 Å². The van der Waals surface area contributed by atoms with Crippen LogP contribution in [0.2, 0.25) is 0 Å². The smallest absolute Gasteiger partial charge is 0.138 e. The number of H-pyrrole nitrogens is 1. The van der Waals surface area contributed by atoms with Crippen LogP contribution in [0.4, 0.5) is 0 Å². The molecule has 1 saturated heterocycles. The first-order valence-corrected chi connectivity index (χ1v) is 7.50. The van der Waals surface area contributed by atoms with Gasteiger partial charge in [-0.2, -0.15) is 0 Å². The van der Waals surface area contributed by atoms with Gasteiger partial charge in [0.1, 0.15) is 12.0 Å². The van der Waals surface area contributed by atoms with Gasteiger partial charge in [0.15, 0.2) is 0 Å². The molecule has 0 bridgehead atoms. The predicted molar refractivity (Wildman–Crippen MR) is 83.2 cm³/mol. The number of pyridine rings is 1. The average Bonchev–Trinajstić information content (AvgIpc) is 3.13. The zero-order valence-electron chi connectivity index (χ0n) is 12.3. The Morgan fingerprint density at radius 2 is 2.24 bits per heavy atom. The van der Waals surface area contributed by atoms with Crippen LogP contribution < -0.4 is 5.32 Å². The van der Waals surface area contributed by atoms with Gasteiger partial charge in [-0.1, -0.05) is 13.8 Å². The van der Waals surface area contributed by atoms with E-state index in [4.69, 9.17) is 0 Å². The van der Waals surface area contributed by atoms with E-state index in [-0.39, 0.29) is 5.41 Å². The second kappa shape index (κ2) is 4.49. The summed E-state index contributed by atoms with van der Waals surface area (Å²) in [4.78, 5) is 16.7. The molecule has 3 aromatic heterocycles. The lowest BCUT2D eigenvalue weighted by atomic mass is 9.75. The zero-order chi connectivity index (χ0) is 14.4. The fraction of sp³-hybridized carbons (Fsp3) is 0.438. The molecule has 2 atom stereocenters. The van der Waals surface area contributed by atoms with E-state index in [0.29, 0.717) is 5.92 Å². The maximum Gasteiger partial charge on any atom is 0.138 e. The van der Waals surface area contributed by atoms with Crippen molar-refractivity contribution in [3.05, 3.63) is 30.5 Å². The molecule has 2 N–H and O–H groups in total. The summed E-state index contributed by atoms with van der Waals surface area (Å²) in [6, 6.07) is 2.07. The fourth-order valence-electron chi connectivity index (χ4n) is 3.52. The van der Waals surface area contributed by atoms with E-state index >= 15 is 0 Å². The Morgan fingerprint density at radius 3 is 3.10 bits per heavy atom. The lowest BCUT2D eigenvalue weighted by molar-refractivity contribution is 0.306. The van der Waals surface area contributed by atoms with Crippen LogP contribution in [0.3, 0.4) is 0 Å². The van der Waals surface area contributed by atoms with Gasteiger partial charge < -0.3 is 10.3 Å². The second-order valence-electron chi connectivity index (χ2n) is 6.21. The van der Waals surface area contributed by atoms with Crippen LogP contribution in [0.25, 0.3) is 21.9 Å². The molecule has 3 aromatic rings. The number of nitrogens with zero attached hydrogens (tertiary/aromatic N) is 3. The Labute approximate surface area is 123 Å². The molecule has 108 valence electrons. The third kappa shape index (κ3) is 1.77. The van der Waals surface area contributed by atoms with Crippen LogP contribution in [0.15, 0.2) is 24.8 Å². The van der Waals surface area contributed by atoms with Crippen molar-refractivity contribution in [1.29, 1.82) is 0 Å². The van der Waals surface area contributed by atoms with Crippen LogP contribution in [-0.4, -0.2) is 33.0 Å². The van der Waals surface area contributed by atoms with Crippen molar-refractivity contribution < 1.29 is 0 Å². The summed E-state index contributed by atoms with van der Waals surface area (Å²) in [6.45, 7) is 6.63. The number of aromatic nitrogens is 4. The number of fused-ring (bicyclic) bond motifs is 3. The molecule has 0 radical (unpaired) electrons. The van der Waals surface area contributed by atoms with E-state index in [1.807, 2.05) is 12.4 Å². The molecule has 1 aliphatic rings. The third-order valence-corrected chi connectivity index (χ3v) is 5.07. The molecule has 5 nitrogen and oxygen atoms in total. The van der Waals surface area contributed by atoms with Gasteiger partial charge >= 0.3 is 0 Å². The molecule has 0 amide bonds. The molecular weight excluding hydrogens is 262 g/mol. The molecule has 1 unspecified atom stereocenters. The highest BCUT2D eigenvalue weighted by molar-refractivity contribution is 6.04. The first-order valence-electron chi connectivity index (χ1n) is 7.50. The molecule has 0 spiro atoms. The summed E-state index contributed by atoms with van der Waals surface area (Å²) in [7, 11) is 0. The normalized spacial score (nSPS) is 25.9. The number of hydrogen-bond donors (Lipinski definition) is 2. The van der Waals surface area contributed by atoms with Gasteiger partial charge in [0.05, 0.1) is 17.4 Å². The number of rotatable bonds is 2. The van der Waals surface area contributed by atoms with Gasteiger partial charge in [0.2, 0.25) is 0 Å². The predicted octanol–water partition coefficient (Wildman–Crippen LogP) is 2.61. The summed E-state index contributed by atoms with van der Waals surface area (Å²) in [6.07, 6.45) is 6.58. The van der Waals surface area contributed by atoms with Crippen LogP contribution in [-0.2, 0) is 0 Å². The second-order valence-corrected chi connectivity index (χ2v) is 6.21. The lowest BCUT2D eigenvalue weighted by Gasteiger charge is -2.29. The van der Waals surface area contributed by atoms with E-state index < -0.39 is 0 Å². The summed E-state index contributed by atoms with van der Waals surface area (Å²) in [5, 5.41) is 5.80. The standard InChI is InChI=1S/C16H19N5/c1-3-16(2)8-17-6-11(16)14-13-10-4-5-18-15(10)19-7-12(13)20-9-21-14/h4-5,7,9,11,17H,3,6,8H2,1-2H3,(H,18,19)/t11?,16-/m0/s1. The highest BCUT2D eigenvalue weighted by Gasteiger charge is 2.40. The van der Waals surface area contributed by atoms with Crippen molar-refractivity contribution in [2.24, 2.45) is 5.41 Å². The Balaban J connectivity index is 2.02. The number of hydrogen-bond acceptors (Lipinski definition) is 4. The minimum absolute atomic E-state index is 0.243. The third-order valence-electron chi connectivity index (χ3n) is 5.07. The largest absolute Gasteiger partial charge is 0.346 e. The van der Waals surface area contributed by atoms with Crippen molar-refractivity contribution in [1.82, 2.24) is 25.3 Å². The Bertz CT molecular complexity index is 809. The quantitative estimate of drug-likeness (QED) is 0.757. The summed E-state index contributed by atoms with van der Waals surface area (Å²) in [5.74, 6) is 0.411. The minimum Gasteiger partial charge on any atom is -0.346 e. The van der Waals surface area contributed by atoms with Crippen molar-refractivity contribution >= 4 is 21.9 Å². The molecule has 5 heteroatoms. The Hall–Kier alpha value is -2.01. The molecular formula is C16H19N5. The molecule has 21 heavy (non-hydrogen) atoms. The topological polar surface area (TPSA) is 66.5 Å². The maximum absolute atomic E-state index is 4.67. The molecule has 0 aromatic carbocycles. The van der Waals surface area contributed by atoms with Gasteiger partial charge in [-0.3, -0.25) is 0 Å². The molecule has 4 heterocycles. The molecule has 0 aliphatic carbocycles. The lowest BCUT2D eigenvalue weighted by Crippen LogP contribution is -2.25. The van der Waals surface area contributed by atoms with Crippen LogP contribution in [0.5, 0.6) is 0 Å². The van der Waals surface area contributed by atoms with Gasteiger partial charge in [0.25, 0.3) is 0 Å². The minimum atomic E-state index is 0.243. The van der Waals surface area contributed by atoms with Crippen molar-refractivity contribution in [2.75, 3.05) is 13.1 Å². The highest BCUT2D eigenvalue weighted by atomic mass is 15.0. The SMILES string of the molecule is CC[C@@]1(C)CNCC1c1ncnc2cnc3[nH]ccc3c12. The van der Waals surface area contributed by atoms with E-state index in [1.54, 1.807) is 6.33 Å². The van der Waals surface area contributed by atoms with Crippen molar-refractivity contribution in [2.45, 2.75) is 26.2 Å². The monoisotopic (exact) mass is 281 g/mol. The number of nitrogens with one attached hydrogen (secondary N) is 2. The summed E-state index contributed by atoms with van der Waals surface area (Å²) < 4.78 is 0. The first kappa shape index (κ1) is 12.7. The molecule has 1 aliphatic heterocycles. The zero-order valence-corrected chi connectivity index (χ0v) is 12.3. The van der Waals surface area contributed by atoms with Crippen molar-refractivity contribution in [3.63, 3.8) is 0 Å². The molecule has 4 rings (SSSR count). The summed E-state index contributed by atoms with van der Waals surface area (Å²) in [5.41, 5.74) is 3.23. The van der Waals surface area contributed by atoms with Gasteiger partial charge in [-0.05, 0) is 17.9 Å². The van der Waals surface area contributed by atoms with E-state index in [9.17, 15) is 0 Å². The highest BCUT2D eigenvalue weighted by Crippen LogP contribution is 2.43. The Morgan fingerprint density at radius 1 is 1.33 bits per heavy atom. The number of aromatic amines is 1. The van der Waals surface area contributed by atoms with Gasteiger partial charge in [0, 0.05) is 36.0 Å². The van der Waals surface area contributed by atoms with Crippen LogP contribution >= 0.6 is 0 Å². The van der Waals surface area contributed by atoms with E-state index in [0.717, 1.165) is 47.1 Å². The first-order chi connectivity index (χ1) is 10.2. The van der Waals surface area contributed by atoms with Gasteiger partial charge in [-0.15, -0.1) is 0 Å².